The molecule has 3 aromatic rings. The van der Waals surface area contributed by atoms with Gasteiger partial charge < -0.3 is 18.9 Å². The van der Waals surface area contributed by atoms with Crippen LogP contribution in [0.3, 0.4) is 0 Å². The Labute approximate surface area is 218 Å². The molecule has 0 radical (unpaired) electrons. The summed E-state index contributed by atoms with van der Waals surface area (Å²) in [7, 11) is 1.28. The van der Waals surface area contributed by atoms with E-state index in [9.17, 15) is 18.0 Å². The van der Waals surface area contributed by atoms with Crippen molar-refractivity contribution in [3.05, 3.63) is 71.7 Å². The van der Waals surface area contributed by atoms with Crippen LogP contribution in [0.2, 0.25) is 0 Å². The maximum Gasteiger partial charge on any atom is 0.322 e. The molecule has 37 heavy (non-hydrogen) atoms. The molecule has 3 heterocycles. The minimum Gasteiger partial charge on any atom is -0.468 e. The second kappa shape index (κ2) is 10.5. The quantitative estimate of drug-likeness (QED) is 0.251. The summed E-state index contributed by atoms with van der Waals surface area (Å²) in [4.78, 5) is 11.5. The molecule has 5 rings (SSSR count). The van der Waals surface area contributed by atoms with E-state index in [4.69, 9.17) is 18.9 Å². The number of rotatable bonds is 5. The molecule has 2 aliphatic rings. The molecule has 0 spiro atoms. The van der Waals surface area contributed by atoms with Crippen LogP contribution in [-0.4, -0.2) is 57.8 Å². The van der Waals surface area contributed by atoms with Crippen LogP contribution < -0.4 is 0 Å². The lowest BCUT2D eigenvalue weighted by atomic mass is 9.84. The van der Waals surface area contributed by atoms with Gasteiger partial charge in [-0.25, -0.2) is 17.9 Å². The average Bonchev–Trinajstić information content (AvgIpc) is 3.40. The number of methoxy groups -OCH3 is 1. The Bertz CT molecular complexity index is 1260. The van der Waals surface area contributed by atoms with Crippen molar-refractivity contribution in [2.24, 2.45) is 5.92 Å². The average molecular weight is 582 g/mol. The van der Waals surface area contributed by atoms with Crippen molar-refractivity contribution < 1.29 is 36.9 Å². The number of nitrogens with zero attached hydrogens (tertiary/aromatic N) is 3. The number of hydrogen-bond donors (Lipinski definition) is 0. The molecule has 0 amide bonds. The second-order valence-electron chi connectivity index (χ2n) is 8.93. The van der Waals surface area contributed by atoms with Gasteiger partial charge >= 0.3 is 5.97 Å². The van der Waals surface area contributed by atoms with Crippen LogP contribution in [0.1, 0.15) is 24.8 Å². The SMILES string of the molecule is COC(=O)[C@H](Br)[C@@H]1OC2COC(c3ccccc3)O[C@@H]2[C@H](n2cc(-c3cc(F)c(F)c(F)c3)nn2)C1C. The molecule has 12 heteroatoms. The van der Waals surface area contributed by atoms with Crippen molar-refractivity contribution in [3.63, 3.8) is 0 Å². The Morgan fingerprint density at radius 2 is 1.86 bits per heavy atom. The van der Waals surface area contributed by atoms with Crippen molar-refractivity contribution in [1.82, 2.24) is 15.0 Å². The third-order valence-corrected chi connectivity index (χ3v) is 7.56. The van der Waals surface area contributed by atoms with E-state index in [0.29, 0.717) is 0 Å². The van der Waals surface area contributed by atoms with E-state index in [1.54, 1.807) is 0 Å². The van der Waals surface area contributed by atoms with E-state index in [0.717, 1.165) is 17.7 Å². The molecule has 0 saturated carbocycles. The zero-order valence-corrected chi connectivity index (χ0v) is 21.3. The highest BCUT2D eigenvalue weighted by molar-refractivity contribution is 9.10. The topological polar surface area (TPSA) is 84.7 Å². The largest absolute Gasteiger partial charge is 0.468 e. The van der Waals surface area contributed by atoms with Gasteiger partial charge in [0.25, 0.3) is 0 Å². The van der Waals surface area contributed by atoms with Crippen molar-refractivity contribution in [2.45, 2.75) is 42.4 Å². The first-order chi connectivity index (χ1) is 17.8. The number of carbonyl (C=O) groups excluding carboxylic acids is 1. The van der Waals surface area contributed by atoms with E-state index in [2.05, 4.69) is 26.2 Å². The van der Waals surface area contributed by atoms with E-state index in [1.807, 2.05) is 37.3 Å². The van der Waals surface area contributed by atoms with Gasteiger partial charge in [-0.15, -0.1) is 5.10 Å². The number of carbonyl (C=O) groups is 1. The van der Waals surface area contributed by atoms with Gasteiger partial charge in [0, 0.05) is 17.0 Å². The number of hydrogen-bond acceptors (Lipinski definition) is 7. The van der Waals surface area contributed by atoms with Crippen LogP contribution in [0.25, 0.3) is 11.3 Å². The van der Waals surface area contributed by atoms with Crippen LogP contribution in [0.5, 0.6) is 0 Å². The van der Waals surface area contributed by atoms with Crippen molar-refractivity contribution in [3.8, 4) is 11.3 Å². The Morgan fingerprint density at radius 3 is 2.54 bits per heavy atom. The molecule has 0 bridgehead atoms. The summed E-state index contributed by atoms with van der Waals surface area (Å²) in [5.74, 6) is -5.10. The predicted octanol–water partition coefficient (Wildman–Crippen LogP) is 4.36. The van der Waals surface area contributed by atoms with Crippen molar-refractivity contribution in [2.75, 3.05) is 13.7 Å². The van der Waals surface area contributed by atoms with Crippen LogP contribution in [0.4, 0.5) is 13.2 Å². The molecule has 1 aromatic heterocycles. The fraction of sp³-hybridized carbons (Fsp3) is 0.400. The summed E-state index contributed by atoms with van der Waals surface area (Å²) >= 11 is 3.39. The standard InChI is InChI=1S/C25H23BrF3N3O5/c1-12-21(32-10-17(30-31-32)14-8-15(27)20(29)16(28)9-14)23-18(36-22(12)19(26)24(33)34-2)11-35-25(37-23)13-6-4-3-5-7-13/h3-10,12,18-19,21-23,25H,11H2,1-2H3/t12?,18?,19-,21-,22-,23+,25?/m1/s1. The third-order valence-electron chi connectivity index (χ3n) is 6.67. The van der Waals surface area contributed by atoms with E-state index >= 15 is 0 Å². The lowest BCUT2D eigenvalue weighted by Crippen LogP contribution is -2.59. The van der Waals surface area contributed by atoms with Crippen LogP contribution in [0, 0.1) is 23.4 Å². The van der Waals surface area contributed by atoms with Gasteiger partial charge in [-0.3, -0.25) is 4.79 Å². The van der Waals surface area contributed by atoms with E-state index in [-0.39, 0.29) is 23.8 Å². The number of benzene rings is 2. The summed E-state index contributed by atoms with van der Waals surface area (Å²) in [5.41, 5.74) is 0.983. The fourth-order valence-electron chi connectivity index (χ4n) is 4.80. The zero-order valence-electron chi connectivity index (χ0n) is 19.8. The molecule has 2 aromatic carbocycles. The van der Waals surface area contributed by atoms with Crippen LogP contribution in [0.15, 0.2) is 48.7 Å². The van der Waals surface area contributed by atoms with Crippen LogP contribution in [-0.2, 0) is 23.7 Å². The maximum absolute atomic E-state index is 13.9. The summed E-state index contributed by atoms with van der Waals surface area (Å²) in [6.45, 7) is 2.05. The summed E-state index contributed by atoms with van der Waals surface area (Å²) < 4.78 is 66.2. The highest BCUT2D eigenvalue weighted by Crippen LogP contribution is 2.44. The maximum atomic E-state index is 13.9. The molecule has 196 valence electrons. The molecule has 2 saturated heterocycles. The van der Waals surface area contributed by atoms with Gasteiger partial charge in [0.2, 0.25) is 0 Å². The molecular weight excluding hydrogens is 559 g/mol. The van der Waals surface area contributed by atoms with Crippen molar-refractivity contribution in [1.29, 1.82) is 0 Å². The number of esters is 1. The minimum atomic E-state index is -1.56. The van der Waals surface area contributed by atoms with E-state index in [1.165, 1.54) is 18.0 Å². The van der Waals surface area contributed by atoms with Gasteiger partial charge in [0.05, 0.1) is 32.1 Å². The Kier molecular flexibility index (Phi) is 7.35. The van der Waals surface area contributed by atoms with Crippen LogP contribution >= 0.6 is 15.9 Å². The number of halogens is 4. The number of alkyl halides is 1. The van der Waals surface area contributed by atoms with Gasteiger partial charge in [0.15, 0.2) is 23.7 Å². The second-order valence-corrected chi connectivity index (χ2v) is 9.91. The molecule has 2 fully saturated rings. The number of ether oxygens (including phenoxy) is 4. The highest BCUT2D eigenvalue weighted by atomic mass is 79.9. The minimum absolute atomic E-state index is 0.0263. The molecule has 7 atom stereocenters. The predicted molar refractivity (Wildman–Crippen MR) is 127 cm³/mol. The lowest BCUT2D eigenvalue weighted by molar-refractivity contribution is -0.308. The Morgan fingerprint density at radius 1 is 1.16 bits per heavy atom. The van der Waals surface area contributed by atoms with Gasteiger partial charge in [0.1, 0.15) is 22.7 Å². The number of fused-ring (bicyclic) bond motifs is 1. The van der Waals surface area contributed by atoms with Gasteiger partial charge in [-0.2, -0.15) is 0 Å². The first kappa shape index (κ1) is 25.8. The summed E-state index contributed by atoms with van der Waals surface area (Å²) in [6.07, 6.45) is -0.943. The van der Waals surface area contributed by atoms with Crippen molar-refractivity contribution >= 4 is 21.9 Å². The van der Waals surface area contributed by atoms with E-state index < -0.39 is 58.9 Å². The molecule has 3 unspecified atom stereocenters. The lowest BCUT2D eigenvalue weighted by Gasteiger charge is -2.49. The molecule has 0 aliphatic carbocycles. The summed E-state index contributed by atoms with van der Waals surface area (Å²) in [6, 6.07) is 10.6. The molecule has 0 N–H and O–H groups in total. The first-order valence-corrected chi connectivity index (χ1v) is 12.5. The monoisotopic (exact) mass is 581 g/mol. The molecular formula is C25H23BrF3N3O5. The normalized spacial score (nSPS) is 28.4. The van der Waals surface area contributed by atoms with Gasteiger partial charge in [-0.05, 0) is 12.1 Å². The fourth-order valence-corrected chi connectivity index (χ4v) is 5.59. The zero-order chi connectivity index (χ0) is 26.3. The smallest absolute Gasteiger partial charge is 0.322 e. The van der Waals surface area contributed by atoms with Gasteiger partial charge in [-0.1, -0.05) is 58.4 Å². The Hall–Kier alpha value is -2.80. The molecule has 8 nitrogen and oxygen atoms in total. The third kappa shape index (κ3) is 4.90. The first-order valence-electron chi connectivity index (χ1n) is 11.5. The molecule has 2 aliphatic heterocycles. The Balaban J connectivity index is 1.51. The summed E-state index contributed by atoms with van der Waals surface area (Å²) in [5, 5.41) is 8.29. The number of aromatic nitrogens is 3. The highest BCUT2D eigenvalue weighted by Gasteiger charge is 2.52.